The quantitative estimate of drug-likeness (QED) is 0.441. The molecule has 0 aliphatic carbocycles. The van der Waals surface area contributed by atoms with Gasteiger partial charge in [0.1, 0.15) is 6.10 Å². The normalized spacial score (nSPS) is 15.8. The molecule has 0 aromatic carbocycles. The van der Waals surface area contributed by atoms with Crippen molar-refractivity contribution in [2.75, 3.05) is 0 Å². The average Bonchev–Trinajstić information content (AvgIpc) is 1.88. The maximum absolute atomic E-state index is 11.9. The summed E-state index contributed by atoms with van der Waals surface area (Å²) in [5, 5.41) is 0. The van der Waals surface area contributed by atoms with E-state index in [0.717, 1.165) is 0 Å². The first-order valence-corrected chi connectivity index (χ1v) is 2.96. The molecule has 58 valence electrons. The van der Waals surface area contributed by atoms with E-state index in [0.29, 0.717) is 0 Å². The van der Waals surface area contributed by atoms with Crippen LogP contribution in [0.4, 0.5) is 8.78 Å². The van der Waals surface area contributed by atoms with E-state index < -0.39 is 12.1 Å². The van der Waals surface area contributed by atoms with Gasteiger partial charge < -0.3 is 4.74 Å². The topological polar surface area (TPSA) is 9.23 Å². The lowest BCUT2D eigenvalue weighted by molar-refractivity contribution is 0.106. The molecule has 0 aliphatic heterocycles. The summed E-state index contributed by atoms with van der Waals surface area (Å²) < 4.78 is 27.6. The second-order valence-electron chi connectivity index (χ2n) is 1.76. The molecule has 0 heterocycles. The molecule has 0 aromatic heterocycles. The minimum absolute atomic E-state index is 0.208. The molecule has 0 spiro atoms. The van der Waals surface area contributed by atoms with Crippen LogP contribution in [-0.2, 0) is 4.74 Å². The number of hydrogen-bond acceptors (Lipinski definition) is 1. The molecular formula is C7H10F2O. The highest BCUT2D eigenvalue weighted by Crippen LogP contribution is 2.04. The number of allylic oxidation sites excluding steroid dienone is 1. The zero-order valence-electron chi connectivity index (χ0n) is 5.97. The van der Waals surface area contributed by atoms with Crippen LogP contribution >= 0.6 is 0 Å². The van der Waals surface area contributed by atoms with Crippen molar-refractivity contribution >= 4 is 0 Å². The summed E-state index contributed by atoms with van der Waals surface area (Å²) in [6.07, 6.45) is 2.69. The first-order chi connectivity index (χ1) is 4.70. The highest BCUT2D eigenvalue weighted by atomic mass is 19.2. The second kappa shape index (κ2) is 4.97. The van der Waals surface area contributed by atoms with Crippen molar-refractivity contribution in [1.82, 2.24) is 0 Å². The molecule has 0 bridgehead atoms. The van der Waals surface area contributed by atoms with Gasteiger partial charge in [-0.25, -0.2) is 4.39 Å². The van der Waals surface area contributed by atoms with E-state index in [2.05, 4.69) is 4.74 Å². The van der Waals surface area contributed by atoms with E-state index in [9.17, 15) is 8.78 Å². The third kappa shape index (κ3) is 4.06. The van der Waals surface area contributed by atoms with Crippen LogP contribution in [0.3, 0.4) is 0 Å². The molecule has 1 nitrogen and oxygen atoms in total. The van der Waals surface area contributed by atoms with Gasteiger partial charge in [0.05, 0.1) is 0 Å². The highest BCUT2D eigenvalue weighted by Gasteiger charge is 1.99. The van der Waals surface area contributed by atoms with E-state index in [1.54, 1.807) is 26.0 Å². The second-order valence-corrected chi connectivity index (χ2v) is 1.76. The van der Waals surface area contributed by atoms with Crippen LogP contribution < -0.4 is 0 Å². The van der Waals surface area contributed by atoms with Gasteiger partial charge in [-0.05, 0) is 19.9 Å². The predicted octanol–water partition coefficient (Wildman–Crippen LogP) is 2.71. The average molecular weight is 148 g/mol. The van der Waals surface area contributed by atoms with Crippen LogP contribution in [0.2, 0.25) is 0 Å². The fourth-order valence-corrected chi connectivity index (χ4v) is 0.514. The third-order valence-corrected chi connectivity index (χ3v) is 0.848. The summed E-state index contributed by atoms with van der Waals surface area (Å²) in [6.45, 7) is 3.39. The number of hydrogen-bond donors (Lipinski definition) is 0. The summed E-state index contributed by atoms with van der Waals surface area (Å²) >= 11 is 0. The molecule has 0 aliphatic rings. The van der Waals surface area contributed by atoms with Gasteiger partial charge >= 0.3 is 6.01 Å². The van der Waals surface area contributed by atoms with Crippen LogP contribution in [0.5, 0.6) is 0 Å². The molecule has 0 saturated heterocycles. The molecule has 0 aromatic rings. The van der Waals surface area contributed by atoms with Gasteiger partial charge in [0.2, 0.25) is 0 Å². The van der Waals surface area contributed by atoms with Crippen molar-refractivity contribution in [3.8, 4) is 0 Å². The molecule has 0 radical (unpaired) electrons. The SMILES string of the molecule is C/C=C/C(C)O/C(F)=C/F. The van der Waals surface area contributed by atoms with Gasteiger partial charge in [-0.15, -0.1) is 0 Å². The minimum Gasteiger partial charge on any atom is -0.462 e. The van der Waals surface area contributed by atoms with Crippen LogP contribution in [0.15, 0.2) is 24.5 Å². The molecule has 3 heteroatoms. The summed E-state index contributed by atoms with van der Waals surface area (Å²) in [7, 11) is 0. The minimum atomic E-state index is -1.19. The van der Waals surface area contributed by atoms with Gasteiger partial charge in [-0.3, -0.25) is 0 Å². The fraction of sp³-hybridized carbons (Fsp3) is 0.429. The maximum Gasteiger partial charge on any atom is 0.302 e. The Balaban J connectivity index is 3.68. The smallest absolute Gasteiger partial charge is 0.302 e. The van der Waals surface area contributed by atoms with Crippen LogP contribution in [0.25, 0.3) is 0 Å². The molecule has 0 fully saturated rings. The van der Waals surface area contributed by atoms with Crippen molar-refractivity contribution in [1.29, 1.82) is 0 Å². The number of halogens is 2. The molecule has 0 rings (SSSR count). The van der Waals surface area contributed by atoms with Crippen LogP contribution in [-0.4, -0.2) is 6.10 Å². The van der Waals surface area contributed by atoms with Crippen molar-refractivity contribution in [2.24, 2.45) is 0 Å². The molecule has 1 atom stereocenters. The lowest BCUT2D eigenvalue weighted by atomic mass is 10.4. The van der Waals surface area contributed by atoms with Crippen LogP contribution in [0.1, 0.15) is 13.8 Å². The van der Waals surface area contributed by atoms with E-state index in [1.807, 2.05) is 0 Å². The first kappa shape index (κ1) is 9.14. The Hall–Kier alpha value is -0.860. The Morgan fingerprint density at radius 1 is 1.60 bits per heavy atom. The summed E-state index contributed by atoms with van der Waals surface area (Å²) in [6, 6.07) is -1.19. The van der Waals surface area contributed by atoms with Crippen molar-refractivity contribution in [3.05, 3.63) is 24.5 Å². The number of rotatable bonds is 3. The lowest BCUT2D eigenvalue weighted by Gasteiger charge is -2.05. The van der Waals surface area contributed by atoms with Crippen molar-refractivity contribution in [2.45, 2.75) is 20.0 Å². The first-order valence-electron chi connectivity index (χ1n) is 2.96. The van der Waals surface area contributed by atoms with Crippen molar-refractivity contribution < 1.29 is 13.5 Å². The maximum atomic E-state index is 11.9. The molecule has 10 heavy (non-hydrogen) atoms. The summed E-state index contributed by atoms with van der Waals surface area (Å²) in [5.41, 5.74) is 0. The monoisotopic (exact) mass is 148 g/mol. The zero-order chi connectivity index (χ0) is 7.98. The Morgan fingerprint density at radius 3 is 2.60 bits per heavy atom. The Labute approximate surface area is 59.0 Å². The summed E-state index contributed by atoms with van der Waals surface area (Å²) in [5.74, 6) is 0. The molecule has 1 unspecified atom stereocenters. The Morgan fingerprint density at radius 2 is 2.20 bits per heavy atom. The predicted molar refractivity (Wildman–Crippen MR) is 35.7 cm³/mol. The van der Waals surface area contributed by atoms with Crippen molar-refractivity contribution in [3.63, 3.8) is 0 Å². The standard InChI is InChI=1S/C7H10F2O/c1-3-4-6(2)10-7(9)5-8/h3-6H,1-2H3/b4-3+,7-5+. The zero-order valence-corrected chi connectivity index (χ0v) is 5.97. The number of ether oxygens (including phenoxy) is 1. The van der Waals surface area contributed by atoms with E-state index >= 15 is 0 Å². The third-order valence-electron chi connectivity index (χ3n) is 0.848. The Bertz CT molecular complexity index is 141. The summed E-state index contributed by atoms with van der Waals surface area (Å²) in [4.78, 5) is 0. The van der Waals surface area contributed by atoms with E-state index in [-0.39, 0.29) is 6.33 Å². The molecular weight excluding hydrogens is 138 g/mol. The molecule has 0 amide bonds. The van der Waals surface area contributed by atoms with Crippen LogP contribution in [0, 0.1) is 0 Å². The fourth-order valence-electron chi connectivity index (χ4n) is 0.514. The van der Waals surface area contributed by atoms with Gasteiger partial charge in [-0.2, -0.15) is 4.39 Å². The lowest BCUT2D eigenvalue weighted by Crippen LogP contribution is -2.00. The largest absolute Gasteiger partial charge is 0.462 e. The molecule has 0 saturated carbocycles. The van der Waals surface area contributed by atoms with Gasteiger partial charge in [0.25, 0.3) is 0 Å². The van der Waals surface area contributed by atoms with E-state index in [1.165, 1.54) is 0 Å². The van der Waals surface area contributed by atoms with E-state index in [4.69, 9.17) is 0 Å². The van der Waals surface area contributed by atoms with Gasteiger partial charge in [-0.1, -0.05) is 6.08 Å². The highest BCUT2D eigenvalue weighted by molar-refractivity contribution is 4.86. The van der Waals surface area contributed by atoms with Gasteiger partial charge in [0, 0.05) is 0 Å². The molecule has 0 N–H and O–H groups in total. The van der Waals surface area contributed by atoms with Gasteiger partial charge in [0.15, 0.2) is 6.33 Å². The Kier molecular flexibility index (Phi) is 4.54.